The van der Waals surface area contributed by atoms with Gasteiger partial charge in [0.05, 0.1) is 18.7 Å². The fraction of sp³-hybridized carbons (Fsp3) is 0.0625. The number of carbonyl (C=O) groups excluding carboxylic acids is 1. The Kier molecular flexibility index (Phi) is 3.23. The summed E-state index contributed by atoms with van der Waals surface area (Å²) >= 11 is 0. The number of hydrogen-bond acceptors (Lipinski definition) is 4. The molecule has 5 heteroatoms. The first kappa shape index (κ1) is 13.1. The number of hydrogen-bond donors (Lipinski definition) is 0. The van der Waals surface area contributed by atoms with Gasteiger partial charge in [-0.25, -0.2) is 0 Å². The molecule has 0 N–H and O–H groups in total. The molecule has 0 aliphatic carbocycles. The Labute approximate surface area is 120 Å². The standard InChI is InChI=1S/C16H12N2O3/c1-21-13-8-6-11(7-9-13)15(19)18-16(20)14-5-3-2-4-12(14)10-17-18/h2-10H,1H3. The molecule has 0 spiro atoms. The molecule has 0 atom stereocenters. The second kappa shape index (κ2) is 5.20. The highest BCUT2D eigenvalue weighted by Crippen LogP contribution is 2.12. The smallest absolute Gasteiger partial charge is 0.282 e. The van der Waals surface area contributed by atoms with Gasteiger partial charge >= 0.3 is 0 Å². The van der Waals surface area contributed by atoms with Crippen molar-refractivity contribution in [1.29, 1.82) is 0 Å². The van der Waals surface area contributed by atoms with Crippen LogP contribution in [0.4, 0.5) is 0 Å². The number of nitrogens with zero attached hydrogens (tertiary/aromatic N) is 2. The summed E-state index contributed by atoms with van der Waals surface area (Å²) in [5, 5.41) is 5.13. The monoisotopic (exact) mass is 280 g/mol. The molecule has 5 nitrogen and oxygen atoms in total. The summed E-state index contributed by atoms with van der Waals surface area (Å²) in [4.78, 5) is 24.7. The Morgan fingerprint density at radius 1 is 1.10 bits per heavy atom. The zero-order valence-electron chi connectivity index (χ0n) is 11.3. The van der Waals surface area contributed by atoms with E-state index in [4.69, 9.17) is 4.74 Å². The maximum atomic E-state index is 12.4. The van der Waals surface area contributed by atoms with Gasteiger partial charge < -0.3 is 4.74 Å². The van der Waals surface area contributed by atoms with Crippen molar-refractivity contribution in [1.82, 2.24) is 9.78 Å². The summed E-state index contributed by atoms with van der Waals surface area (Å²) in [6.07, 6.45) is 1.51. The van der Waals surface area contributed by atoms with Crippen LogP contribution in [-0.2, 0) is 0 Å². The number of rotatable bonds is 2. The summed E-state index contributed by atoms with van der Waals surface area (Å²) in [7, 11) is 1.55. The van der Waals surface area contributed by atoms with Crippen LogP contribution in [0.3, 0.4) is 0 Å². The Balaban J connectivity index is 2.09. The number of aromatic nitrogens is 2. The average Bonchev–Trinajstić information content (AvgIpc) is 2.55. The van der Waals surface area contributed by atoms with Gasteiger partial charge in [-0.15, -0.1) is 0 Å². The molecule has 0 fully saturated rings. The van der Waals surface area contributed by atoms with E-state index in [-0.39, 0.29) is 0 Å². The fourth-order valence-electron chi connectivity index (χ4n) is 2.09. The molecule has 2 aromatic carbocycles. The van der Waals surface area contributed by atoms with E-state index in [1.54, 1.807) is 49.6 Å². The third kappa shape index (κ3) is 2.29. The van der Waals surface area contributed by atoms with E-state index < -0.39 is 11.5 Å². The van der Waals surface area contributed by atoms with E-state index in [2.05, 4.69) is 5.10 Å². The number of fused-ring (bicyclic) bond motifs is 1. The van der Waals surface area contributed by atoms with E-state index in [0.29, 0.717) is 22.1 Å². The van der Waals surface area contributed by atoms with Crippen molar-refractivity contribution in [2.45, 2.75) is 0 Å². The zero-order valence-corrected chi connectivity index (χ0v) is 11.3. The zero-order chi connectivity index (χ0) is 14.8. The number of methoxy groups -OCH3 is 1. The number of benzene rings is 2. The van der Waals surface area contributed by atoms with Crippen LogP contribution in [0.2, 0.25) is 0 Å². The van der Waals surface area contributed by atoms with Crippen LogP contribution in [0.15, 0.2) is 59.5 Å². The molecule has 0 radical (unpaired) electrons. The summed E-state index contributed by atoms with van der Waals surface area (Å²) in [5.74, 6) is 0.179. The van der Waals surface area contributed by atoms with Crippen molar-refractivity contribution in [3.63, 3.8) is 0 Å². The van der Waals surface area contributed by atoms with Gasteiger partial charge in [-0.3, -0.25) is 9.59 Å². The summed E-state index contributed by atoms with van der Waals surface area (Å²) < 4.78 is 5.92. The van der Waals surface area contributed by atoms with Gasteiger partial charge in [0.15, 0.2) is 0 Å². The molecule has 3 rings (SSSR count). The minimum absolute atomic E-state index is 0.376. The highest BCUT2D eigenvalue weighted by Gasteiger charge is 2.13. The van der Waals surface area contributed by atoms with Gasteiger partial charge in [0.2, 0.25) is 0 Å². The lowest BCUT2D eigenvalue weighted by molar-refractivity contribution is 0.0939. The molecule has 0 bridgehead atoms. The van der Waals surface area contributed by atoms with Crippen molar-refractivity contribution in [3.05, 3.63) is 70.6 Å². The van der Waals surface area contributed by atoms with Crippen molar-refractivity contribution in [3.8, 4) is 5.75 Å². The Bertz CT molecular complexity index is 867. The van der Waals surface area contributed by atoms with E-state index >= 15 is 0 Å². The van der Waals surface area contributed by atoms with E-state index in [9.17, 15) is 9.59 Å². The second-order valence-electron chi connectivity index (χ2n) is 4.48. The van der Waals surface area contributed by atoms with Gasteiger partial charge in [0, 0.05) is 10.9 Å². The molecule has 0 amide bonds. The molecule has 104 valence electrons. The Hall–Kier alpha value is -2.95. The van der Waals surface area contributed by atoms with Crippen molar-refractivity contribution in [2.75, 3.05) is 7.11 Å². The molecule has 0 saturated carbocycles. The maximum absolute atomic E-state index is 12.4. The van der Waals surface area contributed by atoms with E-state index in [1.165, 1.54) is 6.20 Å². The van der Waals surface area contributed by atoms with Crippen LogP contribution in [-0.4, -0.2) is 22.8 Å². The molecular formula is C16H12N2O3. The lowest BCUT2D eigenvalue weighted by atomic mass is 10.2. The van der Waals surface area contributed by atoms with Gasteiger partial charge in [0.1, 0.15) is 5.75 Å². The van der Waals surface area contributed by atoms with E-state index in [0.717, 1.165) is 4.68 Å². The van der Waals surface area contributed by atoms with Crippen LogP contribution in [0.5, 0.6) is 5.75 Å². The van der Waals surface area contributed by atoms with Crippen molar-refractivity contribution in [2.24, 2.45) is 0 Å². The number of ether oxygens (including phenoxy) is 1. The fourth-order valence-corrected chi connectivity index (χ4v) is 2.09. The van der Waals surface area contributed by atoms with Gasteiger partial charge in [-0.05, 0) is 30.3 Å². The summed E-state index contributed by atoms with van der Waals surface area (Å²) in [5.41, 5.74) is -0.0467. The van der Waals surface area contributed by atoms with Gasteiger partial charge in [-0.2, -0.15) is 9.78 Å². The first-order valence-corrected chi connectivity index (χ1v) is 6.36. The number of carbonyl (C=O) groups is 1. The van der Waals surface area contributed by atoms with Crippen molar-refractivity contribution < 1.29 is 9.53 Å². The lowest BCUT2D eigenvalue weighted by Gasteiger charge is -2.05. The third-order valence-corrected chi connectivity index (χ3v) is 3.23. The second-order valence-corrected chi connectivity index (χ2v) is 4.48. The topological polar surface area (TPSA) is 61.2 Å². The third-order valence-electron chi connectivity index (χ3n) is 3.23. The van der Waals surface area contributed by atoms with Crippen molar-refractivity contribution >= 4 is 16.7 Å². The maximum Gasteiger partial charge on any atom is 0.282 e. The van der Waals surface area contributed by atoms with Gasteiger partial charge in [0.25, 0.3) is 11.5 Å². The van der Waals surface area contributed by atoms with Crippen LogP contribution in [0, 0.1) is 0 Å². The minimum Gasteiger partial charge on any atom is -0.497 e. The highest BCUT2D eigenvalue weighted by molar-refractivity contribution is 5.96. The molecule has 0 saturated heterocycles. The predicted octanol–water partition coefficient (Wildman–Crippen LogP) is 2.09. The summed E-state index contributed by atoms with van der Waals surface area (Å²) in [6, 6.07) is 13.6. The SMILES string of the molecule is COc1ccc(C(=O)n2ncc3ccccc3c2=O)cc1. The predicted molar refractivity (Wildman–Crippen MR) is 78.7 cm³/mol. The van der Waals surface area contributed by atoms with Crippen LogP contribution in [0.1, 0.15) is 10.4 Å². The minimum atomic E-state index is -0.464. The largest absolute Gasteiger partial charge is 0.497 e. The van der Waals surface area contributed by atoms with Crippen LogP contribution >= 0.6 is 0 Å². The Morgan fingerprint density at radius 3 is 2.52 bits per heavy atom. The lowest BCUT2D eigenvalue weighted by Crippen LogP contribution is -2.29. The van der Waals surface area contributed by atoms with E-state index in [1.807, 2.05) is 6.07 Å². The van der Waals surface area contributed by atoms with Crippen LogP contribution in [0.25, 0.3) is 10.8 Å². The molecule has 1 heterocycles. The molecule has 3 aromatic rings. The highest BCUT2D eigenvalue weighted by atomic mass is 16.5. The van der Waals surface area contributed by atoms with Crippen LogP contribution < -0.4 is 10.3 Å². The van der Waals surface area contributed by atoms with Gasteiger partial charge in [-0.1, -0.05) is 18.2 Å². The molecule has 1 aromatic heterocycles. The average molecular weight is 280 g/mol. The quantitative estimate of drug-likeness (QED) is 0.721. The first-order chi connectivity index (χ1) is 10.2. The first-order valence-electron chi connectivity index (χ1n) is 6.36. The molecule has 21 heavy (non-hydrogen) atoms. The molecular weight excluding hydrogens is 268 g/mol. The normalized spacial score (nSPS) is 10.5. The Morgan fingerprint density at radius 2 is 1.81 bits per heavy atom. The summed E-state index contributed by atoms with van der Waals surface area (Å²) in [6.45, 7) is 0. The molecule has 0 aliphatic heterocycles. The molecule has 0 unspecified atom stereocenters. The molecule has 0 aliphatic rings.